The number of amides is 1. The van der Waals surface area contributed by atoms with Crippen LogP contribution >= 0.6 is 0 Å². The van der Waals surface area contributed by atoms with Crippen molar-refractivity contribution in [2.75, 3.05) is 17.3 Å². The summed E-state index contributed by atoms with van der Waals surface area (Å²) in [5, 5.41) is 12.3. The lowest BCUT2D eigenvalue weighted by atomic mass is 9.88. The van der Waals surface area contributed by atoms with Crippen molar-refractivity contribution in [1.29, 1.82) is 5.26 Å². The number of nitrogens with one attached hydrogen (secondary N) is 1. The van der Waals surface area contributed by atoms with Crippen molar-refractivity contribution in [3.05, 3.63) is 70.8 Å². The van der Waals surface area contributed by atoms with E-state index in [1.807, 2.05) is 55.5 Å². The summed E-state index contributed by atoms with van der Waals surface area (Å²) in [6.07, 6.45) is 3.87. The molecule has 0 aliphatic carbocycles. The van der Waals surface area contributed by atoms with E-state index in [4.69, 9.17) is 0 Å². The Hall–Kier alpha value is -3.32. The highest BCUT2D eigenvalue weighted by Crippen LogP contribution is 2.38. The highest BCUT2D eigenvalue weighted by atomic mass is 16.1. The van der Waals surface area contributed by atoms with Gasteiger partial charge in [0, 0.05) is 24.0 Å². The van der Waals surface area contributed by atoms with E-state index in [2.05, 4.69) is 44.1 Å². The molecular formula is C24H25N3O. The van der Waals surface area contributed by atoms with E-state index in [1.54, 1.807) is 6.08 Å². The average Bonchev–Trinajstić information content (AvgIpc) is 2.64. The monoisotopic (exact) mass is 371 g/mol. The van der Waals surface area contributed by atoms with Gasteiger partial charge < -0.3 is 10.2 Å². The van der Waals surface area contributed by atoms with E-state index >= 15 is 0 Å². The highest BCUT2D eigenvalue weighted by Gasteiger charge is 2.28. The molecule has 0 fully saturated rings. The minimum Gasteiger partial charge on any atom is -0.366 e. The zero-order valence-corrected chi connectivity index (χ0v) is 17.0. The van der Waals surface area contributed by atoms with Gasteiger partial charge in [0.1, 0.15) is 11.6 Å². The van der Waals surface area contributed by atoms with E-state index in [0.29, 0.717) is 5.69 Å². The van der Waals surface area contributed by atoms with Gasteiger partial charge in [-0.2, -0.15) is 5.26 Å². The van der Waals surface area contributed by atoms with Crippen molar-refractivity contribution in [2.24, 2.45) is 0 Å². The molecule has 142 valence electrons. The number of likely N-dealkylation sites (N-methyl/N-ethyl adjacent to an activating group) is 1. The number of rotatable bonds is 3. The van der Waals surface area contributed by atoms with Crippen molar-refractivity contribution in [3.8, 4) is 6.07 Å². The molecule has 4 nitrogen and oxygen atoms in total. The van der Waals surface area contributed by atoms with Gasteiger partial charge in [0.2, 0.25) is 0 Å². The molecule has 0 spiro atoms. The Morgan fingerprint density at radius 3 is 2.61 bits per heavy atom. The third-order valence-electron chi connectivity index (χ3n) is 5.19. The van der Waals surface area contributed by atoms with Crippen LogP contribution in [0.2, 0.25) is 0 Å². The lowest BCUT2D eigenvalue weighted by Gasteiger charge is -2.40. The van der Waals surface area contributed by atoms with Crippen LogP contribution in [0.4, 0.5) is 11.4 Å². The van der Waals surface area contributed by atoms with E-state index in [-0.39, 0.29) is 11.1 Å². The highest BCUT2D eigenvalue weighted by molar-refractivity contribution is 6.09. The van der Waals surface area contributed by atoms with Crippen LogP contribution in [0.1, 0.15) is 37.5 Å². The van der Waals surface area contributed by atoms with Gasteiger partial charge >= 0.3 is 0 Å². The third-order valence-corrected chi connectivity index (χ3v) is 5.19. The predicted molar refractivity (Wildman–Crippen MR) is 116 cm³/mol. The Kier molecular flexibility index (Phi) is 5.11. The van der Waals surface area contributed by atoms with Crippen LogP contribution in [0.15, 0.2) is 54.1 Å². The first-order valence-corrected chi connectivity index (χ1v) is 9.29. The fourth-order valence-electron chi connectivity index (χ4n) is 3.50. The number of benzene rings is 2. The number of nitriles is 1. The van der Waals surface area contributed by atoms with E-state index in [1.165, 1.54) is 5.57 Å². The molecule has 28 heavy (non-hydrogen) atoms. The largest absolute Gasteiger partial charge is 0.366 e. The van der Waals surface area contributed by atoms with Crippen molar-refractivity contribution >= 4 is 28.9 Å². The van der Waals surface area contributed by atoms with Crippen molar-refractivity contribution < 1.29 is 4.79 Å². The maximum Gasteiger partial charge on any atom is 0.266 e. The minimum absolute atomic E-state index is 0.0556. The molecule has 1 heterocycles. The zero-order chi connectivity index (χ0) is 20.5. The van der Waals surface area contributed by atoms with Gasteiger partial charge in [-0.25, -0.2) is 0 Å². The van der Waals surface area contributed by atoms with Gasteiger partial charge in [-0.3, -0.25) is 4.79 Å². The molecule has 0 radical (unpaired) electrons. The Bertz CT molecular complexity index is 1040. The normalized spacial score (nSPS) is 15.4. The standard InChI is InChI=1S/C24H25N3O/c1-16-7-6-8-20(11-16)26-23(28)19(15-25)12-18-9-10-22-21(13-18)17(2)14-24(3,4)27(22)5/h6-14H,1-5H3,(H,26,28)/b19-12-. The Morgan fingerprint density at radius 1 is 1.18 bits per heavy atom. The Balaban J connectivity index is 1.91. The van der Waals surface area contributed by atoms with Crippen LogP contribution in [0, 0.1) is 18.3 Å². The SMILES string of the molecule is CC1=CC(C)(C)N(C)c2ccc(/C=C(/C#N)C(=O)Nc3cccc(C)c3)cc21. The topological polar surface area (TPSA) is 56.1 Å². The maximum atomic E-state index is 12.5. The molecule has 2 aromatic rings. The fraction of sp³-hybridized carbons (Fsp3) is 0.250. The van der Waals surface area contributed by atoms with E-state index in [9.17, 15) is 10.1 Å². The van der Waals surface area contributed by atoms with Crippen LogP contribution in [0.25, 0.3) is 11.6 Å². The molecule has 0 aromatic heterocycles. The number of fused-ring (bicyclic) bond motifs is 1. The molecule has 0 bridgehead atoms. The molecule has 0 saturated carbocycles. The summed E-state index contributed by atoms with van der Waals surface area (Å²) < 4.78 is 0. The lowest BCUT2D eigenvalue weighted by Crippen LogP contribution is -2.42. The quantitative estimate of drug-likeness (QED) is 0.598. The second-order valence-electron chi connectivity index (χ2n) is 7.81. The van der Waals surface area contributed by atoms with E-state index < -0.39 is 5.91 Å². The second-order valence-corrected chi connectivity index (χ2v) is 7.81. The Morgan fingerprint density at radius 2 is 1.93 bits per heavy atom. The van der Waals surface area contributed by atoms with Crippen molar-refractivity contribution in [3.63, 3.8) is 0 Å². The number of aryl methyl sites for hydroxylation is 1. The molecule has 0 atom stereocenters. The smallest absolute Gasteiger partial charge is 0.266 e. The number of anilines is 2. The van der Waals surface area contributed by atoms with Gasteiger partial charge in [0.25, 0.3) is 5.91 Å². The van der Waals surface area contributed by atoms with Crippen LogP contribution in [-0.4, -0.2) is 18.5 Å². The van der Waals surface area contributed by atoms with Gasteiger partial charge in [0.15, 0.2) is 0 Å². The van der Waals surface area contributed by atoms with Crippen molar-refractivity contribution in [2.45, 2.75) is 33.2 Å². The molecule has 0 unspecified atom stereocenters. The number of hydrogen-bond donors (Lipinski definition) is 1. The molecule has 1 aliphatic rings. The van der Waals surface area contributed by atoms with Gasteiger partial charge in [-0.1, -0.05) is 24.3 Å². The number of nitrogens with zero attached hydrogens (tertiary/aromatic N) is 2. The minimum atomic E-state index is -0.406. The third kappa shape index (κ3) is 3.84. The summed E-state index contributed by atoms with van der Waals surface area (Å²) in [5.74, 6) is -0.406. The molecule has 2 aromatic carbocycles. The summed E-state index contributed by atoms with van der Waals surface area (Å²) >= 11 is 0. The molecule has 0 saturated heterocycles. The fourth-order valence-corrected chi connectivity index (χ4v) is 3.50. The second kappa shape index (κ2) is 7.36. The summed E-state index contributed by atoms with van der Waals surface area (Å²) in [4.78, 5) is 14.8. The number of carbonyl (C=O) groups excluding carboxylic acids is 1. The first-order valence-electron chi connectivity index (χ1n) is 9.29. The molecule has 1 aliphatic heterocycles. The van der Waals surface area contributed by atoms with E-state index in [0.717, 1.165) is 22.4 Å². The molecular weight excluding hydrogens is 346 g/mol. The van der Waals surface area contributed by atoms with Gasteiger partial charge in [0.05, 0.1) is 5.54 Å². The molecule has 1 amide bonds. The maximum absolute atomic E-state index is 12.5. The number of hydrogen-bond acceptors (Lipinski definition) is 3. The van der Waals surface area contributed by atoms with Crippen LogP contribution in [-0.2, 0) is 4.79 Å². The predicted octanol–water partition coefficient (Wildman–Crippen LogP) is 5.17. The zero-order valence-electron chi connectivity index (χ0n) is 17.0. The van der Waals surface area contributed by atoms with Crippen LogP contribution in [0.5, 0.6) is 0 Å². The lowest BCUT2D eigenvalue weighted by molar-refractivity contribution is -0.112. The summed E-state index contributed by atoms with van der Waals surface area (Å²) in [6, 6.07) is 15.6. The van der Waals surface area contributed by atoms with Crippen LogP contribution < -0.4 is 10.2 Å². The van der Waals surface area contributed by atoms with Crippen LogP contribution in [0.3, 0.4) is 0 Å². The summed E-state index contributed by atoms with van der Waals surface area (Å²) in [7, 11) is 2.08. The molecule has 4 heteroatoms. The molecule has 1 N–H and O–H groups in total. The Labute approximate surface area is 166 Å². The molecule has 3 rings (SSSR count). The van der Waals surface area contributed by atoms with Crippen molar-refractivity contribution in [1.82, 2.24) is 0 Å². The number of allylic oxidation sites excluding steroid dienone is 1. The number of carbonyl (C=O) groups is 1. The summed E-state index contributed by atoms with van der Waals surface area (Å²) in [5.41, 5.74) is 6.03. The van der Waals surface area contributed by atoms with Gasteiger partial charge in [-0.15, -0.1) is 0 Å². The van der Waals surface area contributed by atoms with Gasteiger partial charge in [-0.05, 0) is 74.7 Å². The first-order chi connectivity index (χ1) is 13.2. The average molecular weight is 371 g/mol. The first kappa shape index (κ1) is 19.4. The summed E-state index contributed by atoms with van der Waals surface area (Å²) in [6.45, 7) is 8.40.